The lowest BCUT2D eigenvalue weighted by Crippen LogP contribution is -2.12. The molecule has 0 saturated carbocycles. The standard InChI is InChI=1S/C17H15N3O3S/c1-22-12-9-7-11(8-10-12)15-16(24-20-19-15)17(21)18-13-5-3-4-6-14(13)23-2/h3-10H,1-2H3,(H,18,21). The Labute approximate surface area is 143 Å². The fraction of sp³-hybridized carbons (Fsp3) is 0.118. The van der Waals surface area contributed by atoms with Crippen molar-refractivity contribution >= 4 is 23.1 Å². The van der Waals surface area contributed by atoms with Crippen LogP contribution in [-0.4, -0.2) is 29.7 Å². The number of methoxy groups -OCH3 is 2. The molecule has 24 heavy (non-hydrogen) atoms. The predicted molar refractivity (Wildman–Crippen MR) is 92.8 cm³/mol. The van der Waals surface area contributed by atoms with Crippen molar-refractivity contribution in [1.82, 2.24) is 9.59 Å². The van der Waals surface area contributed by atoms with Crippen LogP contribution in [0.2, 0.25) is 0 Å². The number of anilines is 1. The minimum absolute atomic E-state index is 0.277. The molecule has 6 nitrogen and oxygen atoms in total. The van der Waals surface area contributed by atoms with Gasteiger partial charge in [0.05, 0.1) is 19.9 Å². The van der Waals surface area contributed by atoms with Crippen LogP contribution in [0.1, 0.15) is 9.67 Å². The fourth-order valence-electron chi connectivity index (χ4n) is 2.20. The van der Waals surface area contributed by atoms with E-state index >= 15 is 0 Å². The van der Waals surface area contributed by atoms with Gasteiger partial charge < -0.3 is 14.8 Å². The number of carbonyl (C=O) groups excluding carboxylic acids is 1. The summed E-state index contributed by atoms with van der Waals surface area (Å²) >= 11 is 1.05. The van der Waals surface area contributed by atoms with E-state index in [9.17, 15) is 4.79 Å². The third-order valence-electron chi connectivity index (χ3n) is 3.41. The van der Waals surface area contributed by atoms with Gasteiger partial charge in [-0.2, -0.15) is 0 Å². The van der Waals surface area contributed by atoms with Gasteiger partial charge in [0.2, 0.25) is 0 Å². The van der Waals surface area contributed by atoms with Gasteiger partial charge in [-0.1, -0.05) is 16.6 Å². The molecule has 0 aliphatic heterocycles. The Morgan fingerprint density at radius 1 is 1.04 bits per heavy atom. The molecule has 1 aromatic heterocycles. The molecule has 0 bridgehead atoms. The zero-order valence-corrected chi connectivity index (χ0v) is 14.0. The summed E-state index contributed by atoms with van der Waals surface area (Å²) in [6, 6.07) is 14.5. The Hall–Kier alpha value is -2.93. The molecule has 122 valence electrons. The number of amides is 1. The Bertz CT molecular complexity index is 846. The van der Waals surface area contributed by atoms with Crippen LogP contribution < -0.4 is 14.8 Å². The zero-order chi connectivity index (χ0) is 16.9. The van der Waals surface area contributed by atoms with Crippen molar-refractivity contribution in [2.75, 3.05) is 19.5 Å². The molecule has 2 aromatic carbocycles. The summed E-state index contributed by atoms with van der Waals surface area (Å²) in [5.74, 6) is 1.05. The number of hydrogen-bond acceptors (Lipinski definition) is 6. The first-order chi connectivity index (χ1) is 11.7. The van der Waals surface area contributed by atoms with Crippen LogP contribution in [0.3, 0.4) is 0 Å². The Morgan fingerprint density at radius 3 is 2.50 bits per heavy atom. The maximum absolute atomic E-state index is 12.6. The Kier molecular flexibility index (Phi) is 4.72. The second-order valence-corrected chi connectivity index (χ2v) is 5.59. The van der Waals surface area contributed by atoms with Crippen LogP contribution in [0.25, 0.3) is 11.3 Å². The number of benzene rings is 2. The smallest absolute Gasteiger partial charge is 0.269 e. The number of hydrogen-bond donors (Lipinski definition) is 1. The monoisotopic (exact) mass is 341 g/mol. The van der Waals surface area contributed by atoms with Gasteiger partial charge in [0.1, 0.15) is 22.1 Å². The van der Waals surface area contributed by atoms with Gasteiger partial charge in [-0.25, -0.2) is 0 Å². The second-order valence-electron chi connectivity index (χ2n) is 4.83. The van der Waals surface area contributed by atoms with Crippen molar-refractivity contribution in [2.24, 2.45) is 0 Å². The summed E-state index contributed by atoms with van der Waals surface area (Å²) in [5, 5.41) is 6.92. The summed E-state index contributed by atoms with van der Waals surface area (Å²) in [5.41, 5.74) is 1.93. The maximum Gasteiger partial charge on any atom is 0.269 e. The first kappa shape index (κ1) is 15.9. The lowest BCUT2D eigenvalue weighted by molar-refractivity contribution is 0.103. The van der Waals surface area contributed by atoms with E-state index in [0.29, 0.717) is 22.0 Å². The maximum atomic E-state index is 12.6. The summed E-state index contributed by atoms with van der Waals surface area (Å²) in [6.45, 7) is 0. The Balaban J connectivity index is 1.87. The van der Waals surface area contributed by atoms with Crippen molar-refractivity contribution in [2.45, 2.75) is 0 Å². The molecule has 0 spiro atoms. The third kappa shape index (κ3) is 3.21. The van der Waals surface area contributed by atoms with E-state index in [1.807, 2.05) is 36.4 Å². The molecule has 0 aliphatic carbocycles. The zero-order valence-electron chi connectivity index (χ0n) is 13.1. The van der Waals surface area contributed by atoms with Gasteiger partial charge in [-0.15, -0.1) is 5.10 Å². The first-order valence-electron chi connectivity index (χ1n) is 7.14. The van der Waals surface area contributed by atoms with Gasteiger partial charge in [0, 0.05) is 5.56 Å². The molecule has 3 rings (SSSR count). The third-order valence-corrected chi connectivity index (χ3v) is 4.14. The summed E-state index contributed by atoms with van der Waals surface area (Å²) < 4.78 is 14.3. The summed E-state index contributed by atoms with van der Waals surface area (Å²) in [6.07, 6.45) is 0. The fourth-order valence-corrected chi connectivity index (χ4v) is 2.79. The molecule has 1 amide bonds. The number of para-hydroxylation sites is 2. The van der Waals surface area contributed by atoms with E-state index < -0.39 is 0 Å². The number of rotatable bonds is 5. The van der Waals surface area contributed by atoms with Crippen LogP contribution in [0, 0.1) is 0 Å². The molecular formula is C17H15N3O3S. The van der Waals surface area contributed by atoms with Gasteiger partial charge in [0.25, 0.3) is 5.91 Å². The van der Waals surface area contributed by atoms with E-state index in [4.69, 9.17) is 9.47 Å². The highest BCUT2D eigenvalue weighted by Crippen LogP contribution is 2.28. The topological polar surface area (TPSA) is 73.3 Å². The molecule has 3 aromatic rings. The summed E-state index contributed by atoms with van der Waals surface area (Å²) in [4.78, 5) is 13.0. The minimum atomic E-state index is -0.277. The molecule has 0 unspecified atom stereocenters. The van der Waals surface area contributed by atoms with Crippen molar-refractivity contribution in [3.8, 4) is 22.8 Å². The molecule has 7 heteroatoms. The van der Waals surface area contributed by atoms with E-state index in [0.717, 1.165) is 22.8 Å². The number of aromatic nitrogens is 2. The van der Waals surface area contributed by atoms with Crippen molar-refractivity contribution in [1.29, 1.82) is 0 Å². The molecule has 0 saturated heterocycles. The Morgan fingerprint density at radius 2 is 1.79 bits per heavy atom. The van der Waals surface area contributed by atoms with Crippen LogP contribution in [0.4, 0.5) is 5.69 Å². The molecule has 1 N–H and O–H groups in total. The predicted octanol–water partition coefficient (Wildman–Crippen LogP) is 3.47. The lowest BCUT2D eigenvalue weighted by Gasteiger charge is -2.09. The van der Waals surface area contributed by atoms with E-state index in [-0.39, 0.29) is 5.91 Å². The van der Waals surface area contributed by atoms with Crippen molar-refractivity contribution < 1.29 is 14.3 Å². The van der Waals surface area contributed by atoms with Gasteiger partial charge in [0.15, 0.2) is 0 Å². The van der Waals surface area contributed by atoms with Crippen molar-refractivity contribution in [3.05, 3.63) is 53.4 Å². The number of nitrogens with zero attached hydrogens (tertiary/aromatic N) is 2. The second kappa shape index (κ2) is 7.10. The largest absolute Gasteiger partial charge is 0.497 e. The SMILES string of the molecule is COc1ccc(-c2nnsc2C(=O)Nc2ccccc2OC)cc1. The molecular weight excluding hydrogens is 326 g/mol. The highest BCUT2D eigenvalue weighted by atomic mass is 32.1. The van der Waals surface area contributed by atoms with Gasteiger partial charge in [-0.3, -0.25) is 4.79 Å². The van der Waals surface area contributed by atoms with Crippen LogP contribution in [0.15, 0.2) is 48.5 Å². The van der Waals surface area contributed by atoms with Gasteiger partial charge >= 0.3 is 0 Å². The average Bonchev–Trinajstić information content (AvgIpc) is 3.12. The van der Waals surface area contributed by atoms with E-state index in [1.165, 1.54) is 0 Å². The van der Waals surface area contributed by atoms with Crippen molar-refractivity contribution in [3.63, 3.8) is 0 Å². The highest BCUT2D eigenvalue weighted by Gasteiger charge is 2.19. The quantitative estimate of drug-likeness (QED) is 0.769. The normalized spacial score (nSPS) is 10.2. The minimum Gasteiger partial charge on any atom is -0.497 e. The molecule has 1 heterocycles. The lowest BCUT2D eigenvalue weighted by atomic mass is 10.1. The van der Waals surface area contributed by atoms with E-state index in [2.05, 4.69) is 14.9 Å². The molecule has 0 atom stereocenters. The van der Waals surface area contributed by atoms with E-state index in [1.54, 1.807) is 26.4 Å². The average molecular weight is 341 g/mol. The number of ether oxygens (including phenoxy) is 2. The first-order valence-corrected chi connectivity index (χ1v) is 7.91. The highest BCUT2D eigenvalue weighted by molar-refractivity contribution is 7.08. The molecule has 0 aliphatic rings. The van der Waals surface area contributed by atoms with Crippen LogP contribution in [0.5, 0.6) is 11.5 Å². The molecule has 0 fully saturated rings. The van der Waals surface area contributed by atoms with Gasteiger partial charge in [-0.05, 0) is 47.9 Å². The summed E-state index contributed by atoms with van der Waals surface area (Å²) in [7, 11) is 3.16. The molecule has 0 radical (unpaired) electrons. The number of nitrogens with one attached hydrogen (secondary N) is 1. The van der Waals surface area contributed by atoms with Crippen LogP contribution >= 0.6 is 11.5 Å². The van der Waals surface area contributed by atoms with Crippen LogP contribution in [-0.2, 0) is 0 Å². The number of carbonyl (C=O) groups is 1.